The van der Waals surface area contributed by atoms with Crippen molar-refractivity contribution in [2.45, 2.75) is 38.8 Å². The Hall–Kier alpha value is -3.48. The van der Waals surface area contributed by atoms with Gasteiger partial charge in [-0.15, -0.1) is 0 Å². The molecule has 31 heavy (non-hydrogen) atoms. The van der Waals surface area contributed by atoms with Gasteiger partial charge in [-0.3, -0.25) is 9.59 Å². The number of piperidine rings is 1. The highest BCUT2D eigenvalue weighted by Crippen LogP contribution is 2.44. The normalized spacial score (nSPS) is 17.1. The number of nitrogens with zero attached hydrogens (tertiary/aromatic N) is 3. The van der Waals surface area contributed by atoms with Crippen molar-refractivity contribution in [2.24, 2.45) is 0 Å². The quantitative estimate of drug-likeness (QED) is 0.599. The van der Waals surface area contributed by atoms with Gasteiger partial charge in [0, 0.05) is 49.9 Å². The SMILES string of the molecule is CCn1cc(C(=O)N2CCC3(CC2)OC(=O)c2ccccc23)c(=O)c2ccc(C)nc21. The van der Waals surface area contributed by atoms with Gasteiger partial charge in [0.05, 0.1) is 10.9 Å². The number of aryl methyl sites for hydroxylation is 2. The third kappa shape index (κ3) is 2.95. The number of carbonyl (C=O) groups is 2. The van der Waals surface area contributed by atoms with Crippen LogP contribution in [0, 0.1) is 6.92 Å². The van der Waals surface area contributed by atoms with E-state index in [1.54, 1.807) is 29.3 Å². The molecule has 2 aliphatic rings. The maximum Gasteiger partial charge on any atom is 0.339 e. The van der Waals surface area contributed by atoms with Crippen molar-refractivity contribution in [3.63, 3.8) is 0 Å². The van der Waals surface area contributed by atoms with Gasteiger partial charge in [-0.1, -0.05) is 18.2 Å². The molecule has 1 saturated heterocycles. The van der Waals surface area contributed by atoms with Crippen molar-refractivity contribution in [3.8, 4) is 0 Å². The summed E-state index contributed by atoms with van der Waals surface area (Å²) in [4.78, 5) is 44.8. The molecular weight excluding hydrogens is 394 g/mol. The number of esters is 1. The second-order valence-corrected chi connectivity index (χ2v) is 8.20. The van der Waals surface area contributed by atoms with E-state index in [2.05, 4.69) is 4.98 Å². The summed E-state index contributed by atoms with van der Waals surface area (Å²) in [5.41, 5.74) is 2.09. The molecule has 7 nitrogen and oxygen atoms in total. The molecule has 0 saturated carbocycles. The van der Waals surface area contributed by atoms with Crippen molar-refractivity contribution < 1.29 is 14.3 Å². The van der Waals surface area contributed by atoms with Gasteiger partial charge >= 0.3 is 5.97 Å². The summed E-state index contributed by atoms with van der Waals surface area (Å²) in [6.45, 7) is 5.26. The summed E-state index contributed by atoms with van der Waals surface area (Å²) in [6, 6.07) is 11.0. The average molecular weight is 417 g/mol. The molecule has 0 radical (unpaired) electrons. The highest BCUT2D eigenvalue weighted by atomic mass is 16.6. The number of ether oxygens (including phenoxy) is 1. The van der Waals surface area contributed by atoms with Crippen LogP contribution in [-0.2, 0) is 16.9 Å². The van der Waals surface area contributed by atoms with Gasteiger partial charge in [-0.05, 0) is 32.0 Å². The van der Waals surface area contributed by atoms with Crippen molar-refractivity contribution in [1.29, 1.82) is 0 Å². The molecule has 3 aromatic rings. The van der Waals surface area contributed by atoms with Gasteiger partial charge in [-0.2, -0.15) is 0 Å². The number of amides is 1. The van der Waals surface area contributed by atoms with Crippen LogP contribution in [0.3, 0.4) is 0 Å². The molecular formula is C24H23N3O4. The van der Waals surface area contributed by atoms with Gasteiger partial charge in [0.25, 0.3) is 5.91 Å². The first-order valence-corrected chi connectivity index (χ1v) is 10.6. The molecule has 1 fully saturated rings. The Morgan fingerprint density at radius 3 is 2.61 bits per heavy atom. The lowest BCUT2D eigenvalue weighted by molar-refractivity contribution is -0.0389. The van der Waals surface area contributed by atoms with Gasteiger partial charge in [0.15, 0.2) is 0 Å². The number of hydrogen-bond donors (Lipinski definition) is 0. The van der Waals surface area contributed by atoms with Crippen LogP contribution < -0.4 is 5.43 Å². The van der Waals surface area contributed by atoms with Crippen LogP contribution in [0.1, 0.15) is 51.7 Å². The second-order valence-electron chi connectivity index (χ2n) is 8.20. The van der Waals surface area contributed by atoms with E-state index in [1.807, 2.05) is 36.6 Å². The van der Waals surface area contributed by atoms with Gasteiger partial charge < -0.3 is 14.2 Å². The number of carbonyl (C=O) groups excluding carboxylic acids is 2. The Balaban J connectivity index is 1.45. The third-order valence-electron chi connectivity index (χ3n) is 6.42. The summed E-state index contributed by atoms with van der Waals surface area (Å²) in [7, 11) is 0. The summed E-state index contributed by atoms with van der Waals surface area (Å²) in [6.07, 6.45) is 2.64. The number of aromatic nitrogens is 2. The number of benzene rings is 1. The fourth-order valence-corrected chi connectivity index (χ4v) is 4.71. The van der Waals surface area contributed by atoms with Gasteiger partial charge in [-0.25, -0.2) is 9.78 Å². The van der Waals surface area contributed by atoms with Crippen LogP contribution in [0.2, 0.25) is 0 Å². The molecule has 0 atom stereocenters. The van der Waals surface area contributed by atoms with Crippen molar-refractivity contribution in [1.82, 2.24) is 14.5 Å². The molecule has 4 heterocycles. The maximum absolute atomic E-state index is 13.3. The minimum atomic E-state index is -0.682. The highest BCUT2D eigenvalue weighted by Gasteiger charge is 2.47. The van der Waals surface area contributed by atoms with E-state index in [0.29, 0.717) is 49.1 Å². The minimum Gasteiger partial charge on any atom is -0.450 e. The fraction of sp³-hybridized carbons (Fsp3) is 0.333. The molecule has 0 bridgehead atoms. The average Bonchev–Trinajstić information content (AvgIpc) is 3.05. The number of likely N-dealkylation sites (tertiary alicyclic amines) is 1. The third-order valence-corrected chi connectivity index (χ3v) is 6.42. The molecule has 7 heteroatoms. The van der Waals surface area contributed by atoms with E-state index < -0.39 is 5.60 Å². The lowest BCUT2D eigenvalue weighted by Crippen LogP contribution is -2.46. The fourth-order valence-electron chi connectivity index (χ4n) is 4.71. The predicted octanol–water partition coefficient (Wildman–Crippen LogP) is 3.03. The van der Waals surface area contributed by atoms with Crippen molar-refractivity contribution in [2.75, 3.05) is 13.1 Å². The van der Waals surface area contributed by atoms with Gasteiger partial charge in [0.1, 0.15) is 16.8 Å². The topological polar surface area (TPSA) is 81.5 Å². The first-order chi connectivity index (χ1) is 14.9. The summed E-state index contributed by atoms with van der Waals surface area (Å²) in [5.74, 6) is -0.597. The molecule has 1 amide bonds. The first kappa shape index (κ1) is 19.5. The molecule has 5 rings (SSSR count). The molecule has 158 valence electrons. The minimum absolute atomic E-state index is 0.153. The largest absolute Gasteiger partial charge is 0.450 e. The van der Waals surface area contributed by atoms with Crippen LogP contribution in [-0.4, -0.2) is 39.4 Å². The van der Waals surface area contributed by atoms with Crippen molar-refractivity contribution in [3.05, 3.63) is 75.2 Å². The number of hydrogen-bond acceptors (Lipinski definition) is 5. The monoisotopic (exact) mass is 417 g/mol. The van der Waals surface area contributed by atoms with Crippen LogP contribution in [0.5, 0.6) is 0 Å². The second kappa shape index (κ2) is 7.04. The number of rotatable bonds is 2. The van der Waals surface area contributed by atoms with Gasteiger partial charge in [0.2, 0.25) is 5.43 Å². The number of pyridine rings is 2. The van der Waals surface area contributed by atoms with E-state index in [9.17, 15) is 14.4 Å². The zero-order valence-electron chi connectivity index (χ0n) is 17.6. The predicted molar refractivity (Wildman–Crippen MR) is 115 cm³/mol. The molecule has 0 aliphatic carbocycles. The standard InChI is InChI=1S/C24H23N3O4/c1-3-26-14-18(20(28)17-9-8-15(2)25-21(17)26)22(29)27-12-10-24(11-13-27)19-7-5-4-6-16(19)23(30)31-24/h4-9,14H,3,10-13H2,1-2H3. The van der Waals surface area contributed by atoms with E-state index in [1.165, 1.54) is 0 Å². The zero-order valence-corrected chi connectivity index (χ0v) is 17.6. The Morgan fingerprint density at radius 2 is 1.87 bits per heavy atom. The lowest BCUT2D eigenvalue weighted by Gasteiger charge is -2.38. The molecule has 0 N–H and O–H groups in total. The number of fused-ring (bicyclic) bond motifs is 3. The molecule has 1 spiro atoms. The molecule has 0 unspecified atom stereocenters. The smallest absolute Gasteiger partial charge is 0.339 e. The molecule has 1 aromatic carbocycles. The first-order valence-electron chi connectivity index (χ1n) is 10.6. The summed E-state index contributed by atoms with van der Waals surface area (Å²) < 4.78 is 7.62. The molecule has 2 aromatic heterocycles. The van der Waals surface area contributed by atoms with Crippen LogP contribution in [0.25, 0.3) is 11.0 Å². The van der Waals surface area contributed by atoms with E-state index in [-0.39, 0.29) is 22.9 Å². The lowest BCUT2D eigenvalue weighted by atomic mass is 9.83. The Labute approximate surface area is 179 Å². The Kier molecular flexibility index (Phi) is 4.43. The summed E-state index contributed by atoms with van der Waals surface area (Å²) >= 11 is 0. The van der Waals surface area contributed by atoms with Crippen LogP contribution in [0.4, 0.5) is 0 Å². The molecule has 2 aliphatic heterocycles. The van der Waals surface area contributed by atoms with E-state index >= 15 is 0 Å². The van der Waals surface area contributed by atoms with Crippen LogP contribution >= 0.6 is 0 Å². The van der Waals surface area contributed by atoms with E-state index in [4.69, 9.17) is 4.74 Å². The van der Waals surface area contributed by atoms with Crippen molar-refractivity contribution >= 4 is 22.9 Å². The van der Waals surface area contributed by atoms with Crippen LogP contribution in [0.15, 0.2) is 47.4 Å². The Bertz CT molecular complexity index is 1290. The maximum atomic E-state index is 13.3. The highest BCUT2D eigenvalue weighted by molar-refractivity contribution is 5.97. The van der Waals surface area contributed by atoms with E-state index in [0.717, 1.165) is 11.3 Å². The summed E-state index contributed by atoms with van der Waals surface area (Å²) in [5, 5.41) is 0.449. The zero-order chi connectivity index (χ0) is 21.8. The Morgan fingerprint density at radius 1 is 1.13 bits per heavy atom.